The first kappa shape index (κ1) is 15.1. The van der Waals surface area contributed by atoms with Crippen LogP contribution in [-0.4, -0.2) is 31.1 Å². The van der Waals surface area contributed by atoms with Crippen LogP contribution in [0.5, 0.6) is 0 Å². The summed E-state index contributed by atoms with van der Waals surface area (Å²) in [6, 6.07) is 6.76. The van der Waals surface area contributed by atoms with Crippen molar-refractivity contribution in [3.63, 3.8) is 0 Å². The van der Waals surface area contributed by atoms with Crippen LogP contribution in [0.2, 0.25) is 10.0 Å². The van der Waals surface area contributed by atoms with Gasteiger partial charge in [0, 0.05) is 35.2 Å². The number of benzene rings is 1. The lowest BCUT2D eigenvalue weighted by molar-refractivity contribution is 0.114. The highest BCUT2D eigenvalue weighted by atomic mass is 35.5. The molecule has 2 rings (SSSR count). The third kappa shape index (κ3) is 3.43. The molecule has 1 heterocycles. The minimum absolute atomic E-state index is 0.338. The van der Waals surface area contributed by atoms with Crippen molar-refractivity contribution in [2.75, 3.05) is 20.1 Å². The molecule has 3 atom stereocenters. The predicted octanol–water partition coefficient (Wildman–Crippen LogP) is 3.98. The van der Waals surface area contributed by atoms with Gasteiger partial charge >= 0.3 is 0 Å². The van der Waals surface area contributed by atoms with Gasteiger partial charge in [-0.2, -0.15) is 0 Å². The molecule has 1 aromatic rings. The van der Waals surface area contributed by atoms with E-state index in [1.165, 1.54) is 12.0 Å². The van der Waals surface area contributed by atoms with Crippen LogP contribution in [0, 0.1) is 5.92 Å². The SMILES string of the molecule is CNC1CCN(C(C)c2ccc(Cl)cc2Cl)CC1C. The fourth-order valence-electron chi connectivity index (χ4n) is 3.00. The molecule has 1 saturated heterocycles. The second-order valence-corrected chi connectivity index (χ2v) is 6.34. The van der Waals surface area contributed by atoms with Gasteiger partial charge in [0.15, 0.2) is 0 Å². The summed E-state index contributed by atoms with van der Waals surface area (Å²) in [4.78, 5) is 2.51. The van der Waals surface area contributed by atoms with E-state index in [-0.39, 0.29) is 0 Å². The molecule has 19 heavy (non-hydrogen) atoms. The lowest BCUT2D eigenvalue weighted by atomic mass is 9.92. The van der Waals surface area contributed by atoms with Gasteiger partial charge in [-0.1, -0.05) is 36.2 Å². The molecule has 1 fully saturated rings. The van der Waals surface area contributed by atoms with Crippen LogP contribution in [-0.2, 0) is 0 Å². The summed E-state index contributed by atoms with van der Waals surface area (Å²) in [7, 11) is 2.05. The second-order valence-electron chi connectivity index (χ2n) is 5.50. The second kappa shape index (κ2) is 6.45. The van der Waals surface area contributed by atoms with Crippen molar-refractivity contribution in [2.24, 2.45) is 5.92 Å². The van der Waals surface area contributed by atoms with E-state index in [9.17, 15) is 0 Å². The number of halogens is 2. The minimum atomic E-state index is 0.338. The van der Waals surface area contributed by atoms with Crippen LogP contribution in [0.3, 0.4) is 0 Å². The van der Waals surface area contributed by atoms with E-state index >= 15 is 0 Å². The first-order valence-electron chi connectivity index (χ1n) is 6.89. The summed E-state index contributed by atoms with van der Waals surface area (Å²) in [5.74, 6) is 0.660. The molecule has 0 radical (unpaired) electrons. The molecular formula is C15H22Cl2N2. The Labute approximate surface area is 126 Å². The molecular weight excluding hydrogens is 279 g/mol. The van der Waals surface area contributed by atoms with Gasteiger partial charge in [0.25, 0.3) is 0 Å². The molecule has 2 nitrogen and oxygen atoms in total. The molecule has 0 aromatic heterocycles. The third-order valence-electron chi connectivity index (χ3n) is 4.27. The Morgan fingerprint density at radius 1 is 1.37 bits per heavy atom. The van der Waals surface area contributed by atoms with Crippen molar-refractivity contribution in [3.8, 4) is 0 Å². The standard InChI is InChI=1S/C15H22Cl2N2/c1-10-9-19(7-6-15(10)18-3)11(2)13-5-4-12(16)8-14(13)17/h4-5,8,10-11,15,18H,6-7,9H2,1-3H3. The van der Waals surface area contributed by atoms with E-state index in [0.29, 0.717) is 23.0 Å². The molecule has 0 spiro atoms. The Kier molecular flexibility index (Phi) is 5.13. The monoisotopic (exact) mass is 300 g/mol. The number of hydrogen-bond donors (Lipinski definition) is 1. The van der Waals surface area contributed by atoms with E-state index in [1.807, 2.05) is 18.2 Å². The van der Waals surface area contributed by atoms with Crippen molar-refractivity contribution in [1.29, 1.82) is 0 Å². The molecule has 1 N–H and O–H groups in total. The summed E-state index contributed by atoms with van der Waals surface area (Å²) in [5.41, 5.74) is 1.17. The summed E-state index contributed by atoms with van der Waals surface area (Å²) in [6.45, 7) is 6.74. The maximum absolute atomic E-state index is 6.31. The Morgan fingerprint density at radius 2 is 2.11 bits per heavy atom. The fourth-order valence-corrected chi connectivity index (χ4v) is 3.56. The van der Waals surface area contributed by atoms with Crippen LogP contribution < -0.4 is 5.32 Å². The van der Waals surface area contributed by atoms with Crippen LogP contribution in [0.15, 0.2) is 18.2 Å². The quantitative estimate of drug-likeness (QED) is 0.908. The topological polar surface area (TPSA) is 15.3 Å². The zero-order chi connectivity index (χ0) is 14.0. The number of piperidine rings is 1. The maximum atomic E-state index is 6.31. The summed E-state index contributed by atoms with van der Waals surface area (Å²) >= 11 is 12.3. The first-order valence-corrected chi connectivity index (χ1v) is 7.64. The van der Waals surface area contributed by atoms with Crippen molar-refractivity contribution in [1.82, 2.24) is 10.2 Å². The number of rotatable bonds is 3. The van der Waals surface area contributed by atoms with Gasteiger partial charge < -0.3 is 5.32 Å². The highest BCUT2D eigenvalue weighted by molar-refractivity contribution is 6.35. The molecule has 0 bridgehead atoms. The van der Waals surface area contributed by atoms with Crippen molar-refractivity contribution in [3.05, 3.63) is 33.8 Å². The number of nitrogens with one attached hydrogen (secondary N) is 1. The molecule has 4 heteroatoms. The van der Waals surface area contributed by atoms with Gasteiger partial charge in [-0.25, -0.2) is 0 Å². The molecule has 0 saturated carbocycles. The average Bonchev–Trinajstić information content (AvgIpc) is 2.38. The largest absolute Gasteiger partial charge is 0.317 e. The minimum Gasteiger partial charge on any atom is -0.317 e. The van der Waals surface area contributed by atoms with Gasteiger partial charge in [0.05, 0.1) is 0 Å². The highest BCUT2D eigenvalue weighted by Gasteiger charge is 2.28. The Hall–Kier alpha value is -0.280. The molecule has 3 unspecified atom stereocenters. The van der Waals surface area contributed by atoms with Crippen LogP contribution in [0.25, 0.3) is 0 Å². The molecule has 1 aliphatic heterocycles. The van der Waals surface area contributed by atoms with E-state index in [4.69, 9.17) is 23.2 Å². The van der Waals surface area contributed by atoms with Crippen LogP contribution >= 0.6 is 23.2 Å². The van der Waals surface area contributed by atoms with Gasteiger partial charge in [-0.3, -0.25) is 4.90 Å². The lowest BCUT2D eigenvalue weighted by Gasteiger charge is -2.40. The third-order valence-corrected chi connectivity index (χ3v) is 4.83. The molecule has 0 amide bonds. The normalized spacial score (nSPS) is 26.4. The Bertz CT molecular complexity index is 436. The number of hydrogen-bond acceptors (Lipinski definition) is 2. The fraction of sp³-hybridized carbons (Fsp3) is 0.600. The molecule has 106 valence electrons. The van der Waals surface area contributed by atoms with Crippen molar-refractivity contribution >= 4 is 23.2 Å². The van der Waals surface area contributed by atoms with Gasteiger partial charge in [-0.15, -0.1) is 0 Å². The molecule has 1 aliphatic rings. The van der Waals surface area contributed by atoms with Gasteiger partial charge in [0.2, 0.25) is 0 Å². The zero-order valence-corrected chi connectivity index (χ0v) is 13.3. The van der Waals surface area contributed by atoms with E-state index in [0.717, 1.165) is 18.1 Å². The average molecular weight is 301 g/mol. The summed E-state index contributed by atoms with van der Waals surface area (Å²) < 4.78 is 0. The lowest BCUT2D eigenvalue weighted by Crippen LogP contribution is -2.47. The summed E-state index contributed by atoms with van der Waals surface area (Å²) in [5, 5.41) is 4.87. The first-order chi connectivity index (χ1) is 9.02. The highest BCUT2D eigenvalue weighted by Crippen LogP contribution is 2.32. The molecule has 0 aliphatic carbocycles. The van der Waals surface area contributed by atoms with Gasteiger partial charge in [-0.05, 0) is 44.0 Å². The van der Waals surface area contributed by atoms with E-state index < -0.39 is 0 Å². The summed E-state index contributed by atoms with van der Waals surface area (Å²) in [6.07, 6.45) is 1.19. The van der Waals surface area contributed by atoms with Gasteiger partial charge in [0.1, 0.15) is 0 Å². The van der Waals surface area contributed by atoms with Crippen LogP contribution in [0.1, 0.15) is 31.9 Å². The smallest absolute Gasteiger partial charge is 0.0468 e. The molecule has 1 aromatic carbocycles. The number of nitrogens with zero attached hydrogens (tertiary/aromatic N) is 1. The Morgan fingerprint density at radius 3 is 2.68 bits per heavy atom. The Balaban J connectivity index is 2.10. The number of likely N-dealkylation sites (tertiary alicyclic amines) is 1. The van der Waals surface area contributed by atoms with E-state index in [1.54, 1.807) is 0 Å². The van der Waals surface area contributed by atoms with Crippen molar-refractivity contribution < 1.29 is 0 Å². The van der Waals surface area contributed by atoms with Crippen LogP contribution in [0.4, 0.5) is 0 Å². The van der Waals surface area contributed by atoms with E-state index in [2.05, 4.69) is 31.1 Å². The zero-order valence-electron chi connectivity index (χ0n) is 11.8. The van der Waals surface area contributed by atoms with Crippen molar-refractivity contribution in [2.45, 2.75) is 32.4 Å². The maximum Gasteiger partial charge on any atom is 0.0468 e. The predicted molar refractivity (Wildman–Crippen MR) is 83.1 cm³/mol.